The van der Waals surface area contributed by atoms with Crippen molar-refractivity contribution >= 4 is 17.7 Å². The van der Waals surface area contributed by atoms with Crippen LogP contribution in [0.4, 0.5) is 0 Å². The first-order chi connectivity index (χ1) is 14.7. The lowest BCUT2D eigenvalue weighted by Gasteiger charge is -2.34. The molecule has 30 heavy (non-hydrogen) atoms. The molecule has 158 valence electrons. The Hall–Kier alpha value is -2.45. The number of nitrogens with zero attached hydrogens (tertiary/aromatic N) is 3. The lowest BCUT2D eigenvalue weighted by atomic mass is 10.1. The summed E-state index contributed by atoms with van der Waals surface area (Å²) in [5, 5.41) is 0. The van der Waals surface area contributed by atoms with Gasteiger partial charge < -0.3 is 19.1 Å². The van der Waals surface area contributed by atoms with Crippen molar-refractivity contribution in [3.63, 3.8) is 0 Å². The van der Waals surface area contributed by atoms with Crippen LogP contribution in [0.3, 0.4) is 0 Å². The SMILES string of the molecule is O=C(c1ccc(OC2CCSC2)nc1)N1CCN(Cc2ccc3c(c2)OCO3)CC1. The molecule has 1 aromatic heterocycles. The fourth-order valence-corrected chi connectivity index (χ4v) is 5.04. The molecule has 3 aliphatic rings. The molecule has 2 aromatic rings. The highest BCUT2D eigenvalue weighted by Crippen LogP contribution is 2.33. The number of thioether (sulfide) groups is 1. The summed E-state index contributed by atoms with van der Waals surface area (Å²) < 4.78 is 16.7. The number of hydrogen-bond donors (Lipinski definition) is 0. The van der Waals surface area contributed by atoms with Crippen LogP contribution in [-0.4, -0.2) is 71.3 Å². The summed E-state index contributed by atoms with van der Waals surface area (Å²) in [5.41, 5.74) is 1.81. The standard InChI is InChI=1S/C22H25N3O4S/c26-22(17-2-4-21(23-12-17)29-18-5-10-30-14-18)25-8-6-24(7-9-25)13-16-1-3-19-20(11-16)28-15-27-19/h1-4,11-12,18H,5-10,13-15H2. The number of ether oxygens (including phenoxy) is 3. The van der Waals surface area contributed by atoms with Crippen molar-refractivity contribution in [3.8, 4) is 17.4 Å². The third-order valence-corrected chi connectivity index (χ3v) is 6.79. The molecule has 8 heteroatoms. The zero-order valence-corrected chi connectivity index (χ0v) is 17.6. The second kappa shape index (κ2) is 8.73. The number of hydrogen-bond acceptors (Lipinski definition) is 7. The molecule has 1 amide bonds. The Bertz CT molecular complexity index is 894. The molecule has 7 nitrogen and oxygen atoms in total. The van der Waals surface area contributed by atoms with E-state index in [2.05, 4.69) is 16.0 Å². The van der Waals surface area contributed by atoms with Gasteiger partial charge in [0.25, 0.3) is 5.91 Å². The third-order valence-electron chi connectivity index (χ3n) is 5.66. The normalized spacial score (nSPS) is 21.1. The third kappa shape index (κ3) is 4.34. The van der Waals surface area contributed by atoms with Crippen LogP contribution < -0.4 is 14.2 Å². The molecule has 2 fully saturated rings. The van der Waals surface area contributed by atoms with E-state index in [0.717, 1.165) is 49.1 Å². The van der Waals surface area contributed by atoms with Crippen molar-refractivity contribution in [1.82, 2.24) is 14.8 Å². The van der Waals surface area contributed by atoms with E-state index in [0.29, 0.717) is 31.3 Å². The van der Waals surface area contributed by atoms with Crippen molar-refractivity contribution in [1.29, 1.82) is 0 Å². The summed E-state index contributed by atoms with van der Waals surface area (Å²) in [5.74, 6) is 4.41. The van der Waals surface area contributed by atoms with Crippen molar-refractivity contribution < 1.29 is 19.0 Å². The topological polar surface area (TPSA) is 64.1 Å². The molecule has 1 aromatic carbocycles. The number of benzene rings is 1. The molecule has 0 N–H and O–H groups in total. The number of aromatic nitrogens is 1. The van der Waals surface area contributed by atoms with Gasteiger partial charge in [-0.2, -0.15) is 11.8 Å². The van der Waals surface area contributed by atoms with E-state index in [-0.39, 0.29) is 12.0 Å². The highest BCUT2D eigenvalue weighted by atomic mass is 32.2. The maximum absolute atomic E-state index is 12.8. The fourth-order valence-electron chi connectivity index (χ4n) is 3.94. The maximum Gasteiger partial charge on any atom is 0.255 e. The molecule has 0 spiro atoms. The zero-order chi connectivity index (χ0) is 20.3. The molecule has 0 saturated carbocycles. The monoisotopic (exact) mass is 427 g/mol. The number of piperazine rings is 1. The number of carbonyl (C=O) groups excluding carboxylic acids is 1. The van der Waals surface area contributed by atoms with Gasteiger partial charge in [0.15, 0.2) is 11.5 Å². The molecule has 0 radical (unpaired) electrons. The maximum atomic E-state index is 12.8. The molecular weight excluding hydrogens is 402 g/mol. The number of carbonyl (C=O) groups is 1. The molecule has 1 unspecified atom stereocenters. The number of pyridine rings is 1. The van der Waals surface area contributed by atoms with Gasteiger partial charge in [0.1, 0.15) is 6.10 Å². The number of fused-ring (bicyclic) bond motifs is 1. The summed E-state index contributed by atoms with van der Waals surface area (Å²) in [6.45, 7) is 4.23. The van der Waals surface area contributed by atoms with Crippen LogP contribution in [0.1, 0.15) is 22.3 Å². The van der Waals surface area contributed by atoms with E-state index in [1.54, 1.807) is 6.20 Å². The Morgan fingerprint density at radius 1 is 1.13 bits per heavy atom. The van der Waals surface area contributed by atoms with Crippen LogP contribution in [0, 0.1) is 0 Å². The van der Waals surface area contributed by atoms with Gasteiger partial charge in [-0.1, -0.05) is 6.07 Å². The summed E-state index contributed by atoms with van der Waals surface area (Å²) in [4.78, 5) is 21.4. The van der Waals surface area contributed by atoms with Crippen LogP contribution in [-0.2, 0) is 6.54 Å². The van der Waals surface area contributed by atoms with Crippen LogP contribution in [0.15, 0.2) is 36.5 Å². The van der Waals surface area contributed by atoms with Crippen LogP contribution >= 0.6 is 11.8 Å². The highest BCUT2D eigenvalue weighted by molar-refractivity contribution is 7.99. The Balaban J connectivity index is 1.13. The lowest BCUT2D eigenvalue weighted by Crippen LogP contribution is -2.48. The van der Waals surface area contributed by atoms with E-state index in [4.69, 9.17) is 14.2 Å². The van der Waals surface area contributed by atoms with E-state index >= 15 is 0 Å². The number of amides is 1. The average molecular weight is 428 g/mol. The van der Waals surface area contributed by atoms with Gasteiger partial charge >= 0.3 is 0 Å². The number of rotatable bonds is 5. The van der Waals surface area contributed by atoms with Gasteiger partial charge in [-0.05, 0) is 35.9 Å². The van der Waals surface area contributed by atoms with Gasteiger partial charge in [-0.25, -0.2) is 4.98 Å². The first-order valence-corrected chi connectivity index (χ1v) is 11.5. The van der Waals surface area contributed by atoms with E-state index in [1.807, 2.05) is 40.9 Å². The average Bonchev–Trinajstić information content (AvgIpc) is 3.46. The second-order valence-electron chi connectivity index (χ2n) is 7.74. The molecule has 4 heterocycles. The zero-order valence-electron chi connectivity index (χ0n) is 16.8. The summed E-state index contributed by atoms with van der Waals surface area (Å²) in [6, 6.07) is 9.71. The van der Waals surface area contributed by atoms with E-state index in [9.17, 15) is 4.79 Å². The second-order valence-corrected chi connectivity index (χ2v) is 8.89. The largest absolute Gasteiger partial charge is 0.473 e. The molecular formula is C22H25N3O4S. The van der Waals surface area contributed by atoms with Gasteiger partial charge in [0.05, 0.1) is 5.56 Å². The molecule has 0 bridgehead atoms. The summed E-state index contributed by atoms with van der Waals surface area (Å²) in [6.07, 6.45) is 2.93. The first kappa shape index (κ1) is 19.5. The van der Waals surface area contributed by atoms with E-state index < -0.39 is 0 Å². The minimum Gasteiger partial charge on any atom is -0.473 e. The lowest BCUT2D eigenvalue weighted by molar-refractivity contribution is 0.0628. The molecule has 0 aliphatic carbocycles. The van der Waals surface area contributed by atoms with Crippen LogP contribution in [0.2, 0.25) is 0 Å². The summed E-state index contributed by atoms with van der Waals surface area (Å²) >= 11 is 1.90. The van der Waals surface area contributed by atoms with Crippen molar-refractivity contribution in [3.05, 3.63) is 47.7 Å². The Kier molecular flexibility index (Phi) is 5.68. The summed E-state index contributed by atoms with van der Waals surface area (Å²) in [7, 11) is 0. The van der Waals surface area contributed by atoms with Gasteiger partial charge in [0, 0.05) is 50.7 Å². The van der Waals surface area contributed by atoms with Crippen molar-refractivity contribution in [2.45, 2.75) is 19.1 Å². The predicted octanol–water partition coefficient (Wildman–Crippen LogP) is 2.65. The Morgan fingerprint density at radius 3 is 2.77 bits per heavy atom. The Labute approximate surface area is 180 Å². The van der Waals surface area contributed by atoms with Gasteiger partial charge in [0.2, 0.25) is 12.7 Å². The van der Waals surface area contributed by atoms with E-state index in [1.165, 1.54) is 5.56 Å². The van der Waals surface area contributed by atoms with Crippen molar-refractivity contribution in [2.24, 2.45) is 0 Å². The molecule has 3 aliphatic heterocycles. The van der Waals surface area contributed by atoms with Crippen molar-refractivity contribution in [2.75, 3.05) is 44.5 Å². The van der Waals surface area contributed by atoms with Gasteiger partial charge in [-0.3, -0.25) is 9.69 Å². The highest BCUT2D eigenvalue weighted by Gasteiger charge is 2.24. The van der Waals surface area contributed by atoms with Crippen LogP contribution in [0.25, 0.3) is 0 Å². The minimum absolute atomic E-state index is 0.0354. The molecule has 5 rings (SSSR count). The van der Waals surface area contributed by atoms with Crippen LogP contribution in [0.5, 0.6) is 17.4 Å². The van der Waals surface area contributed by atoms with Gasteiger partial charge in [-0.15, -0.1) is 0 Å². The quantitative estimate of drug-likeness (QED) is 0.727. The minimum atomic E-state index is 0.0354. The molecule has 2 saturated heterocycles. The smallest absolute Gasteiger partial charge is 0.255 e. The first-order valence-electron chi connectivity index (χ1n) is 10.4. The molecule has 1 atom stereocenters. The fraction of sp³-hybridized carbons (Fsp3) is 0.455. The predicted molar refractivity (Wildman–Crippen MR) is 114 cm³/mol. The Morgan fingerprint density at radius 2 is 2.00 bits per heavy atom.